The van der Waals surface area contributed by atoms with Gasteiger partial charge >= 0.3 is 0 Å². The fourth-order valence-electron chi connectivity index (χ4n) is 4.27. The highest BCUT2D eigenvalue weighted by molar-refractivity contribution is 9.08. The van der Waals surface area contributed by atoms with Crippen molar-refractivity contribution in [2.24, 2.45) is 0 Å². The quantitative estimate of drug-likeness (QED) is 0.562. The van der Waals surface area contributed by atoms with Crippen LogP contribution in [0.5, 0.6) is 0 Å². The number of carbonyl (C=O) groups is 1. The highest BCUT2D eigenvalue weighted by Gasteiger charge is 2.22. The number of hydrogen-bond donors (Lipinski definition) is 2. The van der Waals surface area contributed by atoms with Crippen molar-refractivity contribution in [3.63, 3.8) is 0 Å². The molecule has 1 fully saturated rings. The fourth-order valence-corrected chi connectivity index (χ4v) is 4.60. The van der Waals surface area contributed by atoms with Gasteiger partial charge in [-0.1, -0.05) is 28.8 Å². The Labute approximate surface area is 177 Å². The smallest absolute Gasteiger partial charge is 0.253 e. The number of hydrogen-bond acceptors (Lipinski definition) is 3. The van der Waals surface area contributed by atoms with Crippen molar-refractivity contribution in [3.05, 3.63) is 62.7 Å². The molecule has 1 aliphatic rings. The van der Waals surface area contributed by atoms with E-state index in [0.29, 0.717) is 22.5 Å². The Kier molecular flexibility index (Phi) is 5.58. The lowest BCUT2D eigenvalue weighted by Gasteiger charge is -2.13. The Morgan fingerprint density at radius 2 is 2.03 bits per heavy atom. The normalized spacial score (nSPS) is 14.6. The van der Waals surface area contributed by atoms with Gasteiger partial charge < -0.3 is 10.3 Å². The van der Waals surface area contributed by atoms with Crippen LogP contribution >= 0.6 is 15.9 Å². The average molecular weight is 457 g/mol. The number of halogens is 1. The highest BCUT2D eigenvalue weighted by atomic mass is 79.9. The molecule has 7 heteroatoms. The maximum Gasteiger partial charge on any atom is 0.253 e. The molecule has 0 aliphatic heterocycles. The van der Waals surface area contributed by atoms with Gasteiger partial charge in [0.2, 0.25) is 0 Å². The number of aromatic nitrogens is 3. The Bertz CT molecular complexity index is 1130. The molecule has 3 aromatic rings. The van der Waals surface area contributed by atoms with Crippen LogP contribution < -0.4 is 10.9 Å². The van der Waals surface area contributed by atoms with E-state index >= 15 is 0 Å². The summed E-state index contributed by atoms with van der Waals surface area (Å²) in [5, 5.41) is 9.06. The minimum Gasteiger partial charge on any atom is -0.348 e. The molecule has 0 saturated heterocycles. The zero-order valence-corrected chi connectivity index (χ0v) is 18.3. The molecule has 4 rings (SSSR count). The molecule has 29 heavy (non-hydrogen) atoms. The SMILES string of the molecule is Cc1cc(C)c(CNC(=O)c2cc(CBr)cc3c2cnn3C2CCCC2)c(=O)[nH]1. The molecular formula is C22H25BrN4O2. The van der Waals surface area contributed by atoms with Gasteiger partial charge in [-0.15, -0.1) is 0 Å². The second-order valence-corrected chi connectivity index (χ2v) is 8.42. The van der Waals surface area contributed by atoms with Crippen LogP contribution in [0.2, 0.25) is 0 Å². The topological polar surface area (TPSA) is 79.8 Å². The maximum atomic E-state index is 13.0. The van der Waals surface area contributed by atoms with Crippen molar-refractivity contribution < 1.29 is 4.79 Å². The predicted octanol–water partition coefficient (Wildman–Crippen LogP) is 4.28. The molecular weight excluding hydrogens is 432 g/mol. The van der Waals surface area contributed by atoms with Gasteiger partial charge in [-0.3, -0.25) is 14.3 Å². The monoisotopic (exact) mass is 456 g/mol. The number of aryl methyl sites for hydroxylation is 2. The summed E-state index contributed by atoms with van der Waals surface area (Å²) in [6.07, 6.45) is 6.51. The second-order valence-electron chi connectivity index (χ2n) is 7.86. The van der Waals surface area contributed by atoms with Crippen molar-refractivity contribution in [2.75, 3.05) is 0 Å². The zero-order chi connectivity index (χ0) is 20.5. The number of amides is 1. The molecule has 152 valence electrons. The fraction of sp³-hybridized carbons (Fsp3) is 0.409. The molecule has 0 unspecified atom stereocenters. The van der Waals surface area contributed by atoms with Crippen LogP contribution in [0.15, 0.2) is 29.2 Å². The summed E-state index contributed by atoms with van der Waals surface area (Å²) in [7, 11) is 0. The molecule has 2 aromatic heterocycles. The van der Waals surface area contributed by atoms with Gasteiger partial charge in [-0.2, -0.15) is 5.10 Å². The van der Waals surface area contributed by atoms with Crippen molar-refractivity contribution in [3.8, 4) is 0 Å². The molecule has 0 spiro atoms. The molecule has 1 aromatic carbocycles. The number of nitrogens with zero attached hydrogens (tertiary/aromatic N) is 2. The van der Waals surface area contributed by atoms with Crippen LogP contribution in [-0.4, -0.2) is 20.7 Å². The van der Waals surface area contributed by atoms with Crippen LogP contribution in [0.25, 0.3) is 10.9 Å². The van der Waals surface area contributed by atoms with Gasteiger partial charge in [-0.25, -0.2) is 0 Å². The number of pyridine rings is 1. The van der Waals surface area contributed by atoms with E-state index in [2.05, 4.69) is 42.1 Å². The summed E-state index contributed by atoms with van der Waals surface area (Å²) in [6.45, 7) is 3.93. The average Bonchev–Trinajstić information content (AvgIpc) is 3.35. The molecule has 2 heterocycles. The number of rotatable bonds is 5. The van der Waals surface area contributed by atoms with Crippen LogP contribution in [0.3, 0.4) is 0 Å². The third-order valence-corrected chi connectivity index (χ3v) is 6.41. The molecule has 1 aliphatic carbocycles. The molecule has 1 amide bonds. The highest BCUT2D eigenvalue weighted by Crippen LogP contribution is 2.33. The summed E-state index contributed by atoms with van der Waals surface area (Å²) in [6, 6.07) is 6.33. The third-order valence-electron chi connectivity index (χ3n) is 5.77. The van der Waals surface area contributed by atoms with Crippen molar-refractivity contribution in [1.29, 1.82) is 0 Å². The zero-order valence-electron chi connectivity index (χ0n) is 16.7. The van der Waals surface area contributed by atoms with E-state index < -0.39 is 0 Å². The second kappa shape index (κ2) is 8.14. The number of benzene rings is 1. The van der Waals surface area contributed by atoms with Gasteiger partial charge in [0.05, 0.1) is 23.3 Å². The van der Waals surface area contributed by atoms with Gasteiger partial charge in [-0.05, 0) is 56.0 Å². The first kappa shape index (κ1) is 19.9. The number of aromatic amines is 1. The van der Waals surface area contributed by atoms with Gasteiger partial charge in [0.1, 0.15) is 0 Å². The van der Waals surface area contributed by atoms with E-state index in [1.54, 1.807) is 6.20 Å². The number of nitrogens with one attached hydrogen (secondary N) is 2. The molecule has 2 N–H and O–H groups in total. The van der Waals surface area contributed by atoms with Gasteiger partial charge in [0, 0.05) is 28.5 Å². The molecule has 0 radical (unpaired) electrons. The Balaban J connectivity index is 1.66. The summed E-state index contributed by atoms with van der Waals surface area (Å²) >= 11 is 3.52. The van der Waals surface area contributed by atoms with Crippen molar-refractivity contribution in [1.82, 2.24) is 20.1 Å². The molecule has 1 saturated carbocycles. The van der Waals surface area contributed by atoms with Crippen LogP contribution in [0, 0.1) is 13.8 Å². The first-order valence-corrected chi connectivity index (χ1v) is 11.1. The van der Waals surface area contributed by atoms with Crippen molar-refractivity contribution in [2.45, 2.75) is 57.4 Å². The van der Waals surface area contributed by atoms with E-state index in [9.17, 15) is 9.59 Å². The predicted molar refractivity (Wildman–Crippen MR) is 118 cm³/mol. The molecule has 0 atom stereocenters. The number of H-pyrrole nitrogens is 1. The standard InChI is InChI=1S/C22H25BrN4O2/c1-13-7-14(2)26-22(29)18(13)11-24-21(28)17-8-15(10-23)9-20-19(17)12-25-27(20)16-5-3-4-6-16/h7-9,12,16H,3-6,10-11H2,1-2H3,(H,24,28)(H,26,29). The Hall–Kier alpha value is -2.41. The van der Waals surface area contributed by atoms with E-state index in [1.165, 1.54) is 12.8 Å². The van der Waals surface area contributed by atoms with Crippen molar-refractivity contribution >= 4 is 32.7 Å². The molecule has 0 bridgehead atoms. The maximum absolute atomic E-state index is 13.0. The molecule has 6 nitrogen and oxygen atoms in total. The minimum absolute atomic E-state index is 0.156. The number of fused-ring (bicyclic) bond motifs is 1. The largest absolute Gasteiger partial charge is 0.348 e. The Morgan fingerprint density at radius 1 is 1.28 bits per heavy atom. The van der Waals surface area contributed by atoms with E-state index in [0.717, 1.165) is 40.6 Å². The first-order chi connectivity index (χ1) is 14.0. The minimum atomic E-state index is -0.192. The first-order valence-electron chi connectivity index (χ1n) is 10.0. The lowest BCUT2D eigenvalue weighted by Crippen LogP contribution is -2.28. The summed E-state index contributed by atoms with van der Waals surface area (Å²) < 4.78 is 2.08. The summed E-state index contributed by atoms with van der Waals surface area (Å²) in [5.41, 5.74) is 4.75. The number of carbonyl (C=O) groups excluding carboxylic acids is 1. The van der Waals surface area contributed by atoms with Crippen LogP contribution in [0.1, 0.15) is 64.5 Å². The summed E-state index contributed by atoms with van der Waals surface area (Å²) in [4.78, 5) is 28.1. The van der Waals surface area contributed by atoms with E-state index in [-0.39, 0.29) is 18.0 Å². The number of alkyl halides is 1. The van der Waals surface area contributed by atoms with Crippen LogP contribution in [0.4, 0.5) is 0 Å². The Morgan fingerprint density at radius 3 is 2.72 bits per heavy atom. The van der Waals surface area contributed by atoms with Crippen LogP contribution in [-0.2, 0) is 11.9 Å². The third kappa shape index (κ3) is 3.88. The lowest BCUT2D eigenvalue weighted by molar-refractivity contribution is 0.0952. The van der Waals surface area contributed by atoms with Gasteiger partial charge in [0.25, 0.3) is 11.5 Å². The lowest BCUT2D eigenvalue weighted by atomic mass is 10.1. The summed E-state index contributed by atoms with van der Waals surface area (Å²) in [5.74, 6) is -0.192. The van der Waals surface area contributed by atoms with E-state index in [4.69, 9.17) is 0 Å². The van der Waals surface area contributed by atoms with E-state index in [1.807, 2.05) is 26.0 Å². The van der Waals surface area contributed by atoms with Gasteiger partial charge in [0.15, 0.2) is 0 Å².